The number of carbonyl (C=O) groups excluding carboxylic acids is 1. The summed E-state index contributed by atoms with van der Waals surface area (Å²) >= 11 is 0. The van der Waals surface area contributed by atoms with Gasteiger partial charge in [0.15, 0.2) is 0 Å². The van der Waals surface area contributed by atoms with E-state index in [1.165, 1.54) is 5.56 Å². The molecule has 9 nitrogen and oxygen atoms in total. The lowest BCUT2D eigenvalue weighted by Gasteiger charge is -2.50. The number of fused-ring (bicyclic) bond motifs is 1. The fourth-order valence-corrected chi connectivity index (χ4v) is 6.50. The molecule has 2 aliphatic rings. The average Bonchev–Trinajstić information content (AvgIpc) is 3.07. The van der Waals surface area contributed by atoms with E-state index in [1.54, 1.807) is 21.1 Å². The molecule has 1 aliphatic heterocycles. The molecular formula is C29H48N4O5Si. The first-order valence-electron chi connectivity index (χ1n) is 14.2. The van der Waals surface area contributed by atoms with Crippen molar-refractivity contribution < 1.29 is 19.0 Å². The normalized spacial score (nSPS) is 22.8. The van der Waals surface area contributed by atoms with E-state index in [0.717, 1.165) is 49.6 Å². The average molecular weight is 561 g/mol. The highest BCUT2D eigenvalue weighted by atomic mass is 28.3. The van der Waals surface area contributed by atoms with Gasteiger partial charge in [0.25, 0.3) is 0 Å². The molecule has 0 spiro atoms. The minimum atomic E-state index is -1.19. The topological polar surface area (TPSA) is 78.2 Å². The van der Waals surface area contributed by atoms with E-state index in [2.05, 4.69) is 36.7 Å². The van der Waals surface area contributed by atoms with Gasteiger partial charge in [0.05, 0.1) is 16.6 Å². The van der Waals surface area contributed by atoms with Gasteiger partial charge in [-0.05, 0) is 57.2 Å². The Morgan fingerprint density at radius 3 is 2.36 bits per heavy atom. The zero-order valence-electron chi connectivity index (χ0n) is 25.2. The fourth-order valence-electron chi connectivity index (χ4n) is 5.74. The zero-order chi connectivity index (χ0) is 28.6. The van der Waals surface area contributed by atoms with Crippen LogP contribution in [0.25, 0.3) is 11.0 Å². The van der Waals surface area contributed by atoms with Crippen molar-refractivity contribution in [3.05, 3.63) is 34.2 Å². The van der Waals surface area contributed by atoms with Gasteiger partial charge in [-0.25, -0.2) is 9.59 Å². The van der Waals surface area contributed by atoms with Crippen LogP contribution in [0.3, 0.4) is 0 Å². The largest absolute Gasteiger partial charge is 0.444 e. The molecule has 2 aromatic rings. The van der Waals surface area contributed by atoms with E-state index < -0.39 is 13.7 Å². The molecule has 4 rings (SSSR count). The van der Waals surface area contributed by atoms with Crippen LogP contribution in [0.15, 0.2) is 23.0 Å². The molecular weight excluding hydrogens is 512 g/mol. The number of methoxy groups -OCH3 is 1. The molecule has 10 heteroatoms. The number of amides is 1. The van der Waals surface area contributed by atoms with Gasteiger partial charge < -0.3 is 19.1 Å². The Morgan fingerprint density at radius 1 is 1.10 bits per heavy atom. The number of ether oxygens (including phenoxy) is 3. The van der Waals surface area contributed by atoms with Gasteiger partial charge in [0.2, 0.25) is 0 Å². The number of aromatic nitrogens is 2. The molecule has 1 aromatic heterocycles. The second kappa shape index (κ2) is 11.4. The number of nitrogens with zero attached hydrogens (tertiary/aromatic N) is 4. The summed E-state index contributed by atoms with van der Waals surface area (Å²) in [5.41, 5.74) is 2.39. The summed E-state index contributed by atoms with van der Waals surface area (Å²) < 4.78 is 21.1. The van der Waals surface area contributed by atoms with Crippen LogP contribution in [0.4, 0.5) is 4.79 Å². The number of carbonyl (C=O) groups is 1. The van der Waals surface area contributed by atoms with Crippen LogP contribution in [0.2, 0.25) is 25.7 Å². The Bertz CT molecular complexity index is 1210. The number of hydrogen-bond donors (Lipinski definition) is 0. The Labute approximate surface area is 234 Å². The maximum Gasteiger partial charge on any atom is 0.410 e. The van der Waals surface area contributed by atoms with Crippen molar-refractivity contribution in [1.82, 2.24) is 18.9 Å². The monoisotopic (exact) mass is 560 g/mol. The minimum Gasteiger partial charge on any atom is -0.444 e. The molecule has 2 heterocycles. The third-order valence-corrected chi connectivity index (χ3v) is 9.76. The summed E-state index contributed by atoms with van der Waals surface area (Å²) in [6.07, 6.45) is 1.57. The number of piperazine rings is 1. The van der Waals surface area contributed by atoms with Crippen molar-refractivity contribution in [2.24, 2.45) is 7.05 Å². The van der Waals surface area contributed by atoms with Crippen molar-refractivity contribution in [3.8, 4) is 0 Å². The predicted octanol–water partition coefficient (Wildman–Crippen LogP) is 4.47. The fraction of sp³-hybridized carbons (Fsp3) is 0.724. The Kier molecular flexibility index (Phi) is 8.71. The molecule has 2 fully saturated rings. The molecule has 0 N–H and O–H groups in total. The summed E-state index contributed by atoms with van der Waals surface area (Å²) in [5, 5.41) is 0. The SMILES string of the molecule is COC1(CN2CCN(C(=O)OC(C)(C)C)CC2)CC(c2cccc3c2n(C)c(=O)n3COCC[Si](C)(C)C)C1. The Hall–Kier alpha value is -2.14. The number of imidazole rings is 1. The molecule has 0 bridgehead atoms. The van der Waals surface area contributed by atoms with Gasteiger partial charge >= 0.3 is 11.8 Å². The first-order chi connectivity index (χ1) is 18.2. The van der Waals surface area contributed by atoms with Gasteiger partial charge in [0.1, 0.15) is 12.3 Å². The van der Waals surface area contributed by atoms with Gasteiger partial charge in [0, 0.05) is 61.6 Å². The van der Waals surface area contributed by atoms with E-state index >= 15 is 0 Å². The van der Waals surface area contributed by atoms with Gasteiger partial charge in [-0.1, -0.05) is 31.8 Å². The van der Waals surface area contributed by atoms with E-state index in [1.807, 2.05) is 33.9 Å². The highest BCUT2D eigenvalue weighted by Gasteiger charge is 2.47. The van der Waals surface area contributed by atoms with Gasteiger partial charge in [-0.2, -0.15) is 0 Å². The smallest absolute Gasteiger partial charge is 0.410 e. The first kappa shape index (κ1) is 29.8. The van der Waals surface area contributed by atoms with Crippen LogP contribution in [0, 0.1) is 0 Å². The summed E-state index contributed by atoms with van der Waals surface area (Å²) in [4.78, 5) is 29.8. The van der Waals surface area contributed by atoms with E-state index in [-0.39, 0.29) is 24.1 Å². The lowest BCUT2D eigenvalue weighted by Crippen LogP contribution is -2.57. The summed E-state index contributed by atoms with van der Waals surface area (Å²) in [6, 6.07) is 7.31. The molecule has 0 radical (unpaired) electrons. The zero-order valence-corrected chi connectivity index (χ0v) is 26.2. The molecule has 1 aromatic carbocycles. The van der Waals surface area contributed by atoms with Gasteiger partial charge in [-0.3, -0.25) is 14.0 Å². The van der Waals surface area contributed by atoms with E-state index in [4.69, 9.17) is 14.2 Å². The Balaban J connectivity index is 1.39. The lowest BCUT2D eigenvalue weighted by molar-refractivity contribution is -0.107. The third kappa shape index (κ3) is 6.96. The predicted molar refractivity (Wildman–Crippen MR) is 157 cm³/mol. The molecule has 0 unspecified atom stereocenters. The van der Waals surface area contributed by atoms with Crippen molar-refractivity contribution in [3.63, 3.8) is 0 Å². The van der Waals surface area contributed by atoms with Crippen molar-refractivity contribution in [2.45, 2.75) is 83.1 Å². The number of aryl methyl sites for hydroxylation is 1. The molecule has 1 saturated heterocycles. The number of rotatable bonds is 9. The van der Waals surface area contributed by atoms with Crippen molar-refractivity contribution in [2.75, 3.05) is 46.4 Å². The number of para-hydroxylation sites is 1. The summed E-state index contributed by atoms with van der Waals surface area (Å²) in [6.45, 7) is 17.4. The number of hydrogen-bond acceptors (Lipinski definition) is 6. The molecule has 0 atom stereocenters. The Morgan fingerprint density at radius 2 is 1.77 bits per heavy atom. The van der Waals surface area contributed by atoms with Gasteiger partial charge in [-0.15, -0.1) is 0 Å². The molecule has 218 valence electrons. The molecule has 1 amide bonds. The van der Waals surface area contributed by atoms with Crippen LogP contribution in [-0.2, 0) is 28.0 Å². The first-order valence-corrected chi connectivity index (χ1v) is 17.9. The molecule has 1 aliphatic carbocycles. The highest BCUT2D eigenvalue weighted by Crippen LogP contribution is 2.48. The number of benzene rings is 1. The van der Waals surface area contributed by atoms with Crippen molar-refractivity contribution in [1.29, 1.82) is 0 Å². The molecule has 39 heavy (non-hydrogen) atoms. The van der Waals surface area contributed by atoms with Crippen LogP contribution in [-0.4, -0.2) is 90.7 Å². The second-order valence-corrected chi connectivity index (χ2v) is 19.2. The van der Waals surface area contributed by atoms with Crippen LogP contribution >= 0.6 is 0 Å². The highest BCUT2D eigenvalue weighted by molar-refractivity contribution is 6.76. The standard InChI is InChI=1S/C29H48N4O5Si/c1-28(2,3)38-27(35)32-14-12-31(13-15-32)20-29(36-5)18-22(19-29)23-10-9-11-24-25(23)30(4)26(34)33(24)21-37-16-17-39(6,7)8/h9-11,22H,12-21H2,1-8H3. The van der Waals surface area contributed by atoms with Crippen LogP contribution < -0.4 is 5.69 Å². The quantitative estimate of drug-likeness (QED) is 0.333. The van der Waals surface area contributed by atoms with E-state index in [9.17, 15) is 9.59 Å². The summed E-state index contributed by atoms with van der Waals surface area (Å²) in [7, 11) is 2.48. The van der Waals surface area contributed by atoms with Crippen molar-refractivity contribution >= 4 is 25.2 Å². The van der Waals surface area contributed by atoms with E-state index in [0.29, 0.717) is 25.6 Å². The minimum absolute atomic E-state index is 0.0364. The maximum absolute atomic E-state index is 13.1. The second-order valence-electron chi connectivity index (χ2n) is 13.6. The third-order valence-electron chi connectivity index (χ3n) is 8.05. The molecule has 1 saturated carbocycles. The lowest BCUT2D eigenvalue weighted by atomic mass is 9.67. The van der Waals surface area contributed by atoms with Crippen LogP contribution in [0.5, 0.6) is 0 Å². The maximum atomic E-state index is 13.1. The summed E-state index contributed by atoms with van der Waals surface area (Å²) in [5.74, 6) is 0.325. The van der Waals surface area contributed by atoms with Crippen LogP contribution in [0.1, 0.15) is 45.1 Å².